The predicted molar refractivity (Wildman–Crippen MR) is 106 cm³/mol. The van der Waals surface area contributed by atoms with Gasteiger partial charge in [0.05, 0.1) is 22.2 Å². The number of aromatic nitrogens is 2. The molecule has 1 fully saturated rings. The smallest absolute Gasteiger partial charge is 0.399 e. The summed E-state index contributed by atoms with van der Waals surface area (Å²) in [5.74, 6) is 1.05. The van der Waals surface area contributed by atoms with Crippen LogP contribution >= 0.6 is 0 Å². The van der Waals surface area contributed by atoms with E-state index in [-0.39, 0.29) is 18.3 Å². The first-order chi connectivity index (χ1) is 12.3. The van der Waals surface area contributed by atoms with Crippen LogP contribution in [-0.2, 0) is 22.8 Å². The van der Waals surface area contributed by atoms with E-state index in [2.05, 4.69) is 81.8 Å². The van der Waals surface area contributed by atoms with Crippen molar-refractivity contribution in [2.75, 3.05) is 0 Å². The number of hydrogen-bond acceptors (Lipinski definition) is 3. The molecule has 1 aliphatic rings. The summed E-state index contributed by atoms with van der Waals surface area (Å²) in [6.07, 6.45) is 0.817. The Hall–Kier alpha value is -2.11. The topological polar surface area (TPSA) is 36.3 Å². The third-order valence-electron chi connectivity index (χ3n) is 5.73. The maximum atomic E-state index is 6.19. The Labute approximate surface area is 155 Å². The predicted octanol–water partition coefficient (Wildman–Crippen LogP) is 3.46. The second kappa shape index (κ2) is 5.97. The van der Waals surface area contributed by atoms with E-state index >= 15 is 0 Å². The maximum absolute atomic E-state index is 6.19. The van der Waals surface area contributed by atoms with E-state index in [4.69, 9.17) is 14.3 Å². The van der Waals surface area contributed by atoms with Gasteiger partial charge in [0.15, 0.2) is 0 Å². The molecule has 3 aromatic rings. The lowest BCUT2D eigenvalue weighted by atomic mass is 9.79. The number of imidazole rings is 1. The molecule has 0 N–H and O–H groups in total. The summed E-state index contributed by atoms with van der Waals surface area (Å²) < 4.78 is 14.5. The molecule has 1 aromatic heterocycles. The first-order valence-electron chi connectivity index (χ1n) is 9.12. The molecule has 0 saturated carbocycles. The van der Waals surface area contributed by atoms with Gasteiger partial charge < -0.3 is 13.9 Å². The van der Waals surface area contributed by atoms with Gasteiger partial charge in [0.1, 0.15) is 5.82 Å². The number of hydrogen-bond donors (Lipinski definition) is 0. The second-order valence-corrected chi connectivity index (χ2v) is 8.09. The van der Waals surface area contributed by atoms with Crippen LogP contribution in [0.5, 0.6) is 0 Å². The molecule has 0 radical (unpaired) electrons. The molecular formula is C21H25BN2O2. The molecule has 134 valence electrons. The van der Waals surface area contributed by atoms with Crippen molar-refractivity contribution in [2.24, 2.45) is 7.05 Å². The molecule has 5 heteroatoms. The van der Waals surface area contributed by atoms with Crippen molar-refractivity contribution in [1.82, 2.24) is 9.55 Å². The molecule has 1 saturated heterocycles. The molecule has 4 rings (SSSR count). The molecule has 0 bridgehead atoms. The van der Waals surface area contributed by atoms with Gasteiger partial charge in [0, 0.05) is 13.5 Å². The lowest BCUT2D eigenvalue weighted by molar-refractivity contribution is 0.00578. The standard InChI is InChI=1S/C21H25BN2O2/c1-20(2)21(3,4)26-22(25-20)16-11-12-17-18(14-16)24(5)19(23-17)13-15-9-7-6-8-10-15/h6-12,14H,13H2,1-5H3. The third kappa shape index (κ3) is 2.85. The minimum atomic E-state index is -0.350. The molecule has 0 spiro atoms. The van der Waals surface area contributed by atoms with Crippen molar-refractivity contribution >= 4 is 23.6 Å². The Bertz CT molecular complexity index is 931. The summed E-state index contributed by atoms with van der Waals surface area (Å²) >= 11 is 0. The van der Waals surface area contributed by atoms with Crippen LogP contribution in [0.25, 0.3) is 11.0 Å². The van der Waals surface area contributed by atoms with Gasteiger partial charge in [-0.2, -0.15) is 0 Å². The molecule has 0 unspecified atom stereocenters. The summed E-state index contributed by atoms with van der Waals surface area (Å²) in [5, 5.41) is 0. The van der Waals surface area contributed by atoms with Gasteiger partial charge in [-0.15, -0.1) is 0 Å². The van der Waals surface area contributed by atoms with E-state index in [0.29, 0.717) is 0 Å². The first-order valence-corrected chi connectivity index (χ1v) is 9.12. The minimum absolute atomic E-state index is 0.336. The summed E-state index contributed by atoms with van der Waals surface area (Å²) in [5.41, 5.74) is 3.72. The Morgan fingerprint density at radius 1 is 0.962 bits per heavy atom. The van der Waals surface area contributed by atoms with E-state index in [1.54, 1.807) is 0 Å². The second-order valence-electron chi connectivity index (χ2n) is 8.09. The molecule has 1 aliphatic heterocycles. The van der Waals surface area contributed by atoms with Crippen molar-refractivity contribution in [3.05, 3.63) is 59.9 Å². The highest BCUT2D eigenvalue weighted by atomic mass is 16.7. The van der Waals surface area contributed by atoms with E-state index < -0.39 is 0 Å². The first kappa shape index (κ1) is 17.3. The SMILES string of the molecule is Cn1c(Cc2ccccc2)nc2ccc(B3OC(C)(C)C(C)(C)O3)cc21. The number of fused-ring (bicyclic) bond motifs is 1. The number of aryl methyl sites for hydroxylation is 1. The number of rotatable bonds is 3. The van der Waals surface area contributed by atoms with Crippen LogP contribution in [-0.4, -0.2) is 27.9 Å². The highest BCUT2D eigenvalue weighted by molar-refractivity contribution is 6.62. The van der Waals surface area contributed by atoms with E-state index in [1.165, 1.54) is 5.56 Å². The van der Waals surface area contributed by atoms with Gasteiger partial charge in [0.25, 0.3) is 0 Å². The van der Waals surface area contributed by atoms with Crippen LogP contribution < -0.4 is 5.46 Å². The van der Waals surface area contributed by atoms with Crippen molar-refractivity contribution in [2.45, 2.75) is 45.3 Å². The molecule has 2 aromatic carbocycles. The van der Waals surface area contributed by atoms with E-state index in [1.807, 2.05) is 6.07 Å². The highest BCUT2D eigenvalue weighted by Gasteiger charge is 2.51. The average Bonchev–Trinajstić information content (AvgIpc) is 3.01. The highest BCUT2D eigenvalue weighted by Crippen LogP contribution is 2.36. The molecule has 2 heterocycles. The Kier molecular flexibility index (Phi) is 3.97. The van der Waals surface area contributed by atoms with Gasteiger partial charge in [-0.05, 0) is 50.9 Å². The van der Waals surface area contributed by atoms with Crippen LogP contribution in [0.15, 0.2) is 48.5 Å². The fourth-order valence-electron chi connectivity index (χ4n) is 3.32. The van der Waals surface area contributed by atoms with Crippen LogP contribution in [0.3, 0.4) is 0 Å². The zero-order chi connectivity index (χ0) is 18.5. The normalized spacial score (nSPS) is 18.6. The monoisotopic (exact) mass is 348 g/mol. The van der Waals surface area contributed by atoms with Gasteiger partial charge in [-0.3, -0.25) is 0 Å². The van der Waals surface area contributed by atoms with Gasteiger partial charge >= 0.3 is 7.12 Å². The van der Waals surface area contributed by atoms with E-state index in [0.717, 1.165) is 28.7 Å². The third-order valence-corrected chi connectivity index (χ3v) is 5.73. The lowest BCUT2D eigenvalue weighted by Gasteiger charge is -2.32. The fourth-order valence-corrected chi connectivity index (χ4v) is 3.32. The molecular weight excluding hydrogens is 323 g/mol. The van der Waals surface area contributed by atoms with Crippen molar-refractivity contribution in [1.29, 1.82) is 0 Å². The summed E-state index contributed by atoms with van der Waals surface area (Å²) in [4.78, 5) is 4.81. The Balaban J connectivity index is 1.67. The fraction of sp³-hybridized carbons (Fsp3) is 0.381. The van der Waals surface area contributed by atoms with Crippen LogP contribution in [0.4, 0.5) is 0 Å². The molecule has 0 amide bonds. The Morgan fingerprint density at radius 3 is 2.27 bits per heavy atom. The summed E-state index contributed by atoms with van der Waals surface area (Å²) in [6.45, 7) is 8.31. The van der Waals surface area contributed by atoms with Crippen molar-refractivity contribution < 1.29 is 9.31 Å². The average molecular weight is 348 g/mol. The van der Waals surface area contributed by atoms with Crippen LogP contribution in [0.1, 0.15) is 39.1 Å². The van der Waals surface area contributed by atoms with Gasteiger partial charge in [-0.1, -0.05) is 36.4 Å². The summed E-state index contributed by atoms with van der Waals surface area (Å²) in [6, 6.07) is 16.7. The molecule has 0 aliphatic carbocycles. The minimum Gasteiger partial charge on any atom is -0.399 e. The number of nitrogens with zero attached hydrogens (tertiary/aromatic N) is 2. The molecule has 0 atom stereocenters. The van der Waals surface area contributed by atoms with Crippen LogP contribution in [0, 0.1) is 0 Å². The van der Waals surface area contributed by atoms with E-state index in [9.17, 15) is 0 Å². The van der Waals surface area contributed by atoms with Crippen LogP contribution in [0.2, 0.25) is 0 Å². The Morgan fingerprint density at radius 2 is 1.62 bits per heavy atom. The van der Waals surface area contributed by atoms with Gasteiger partial charge in [-0.25, -0.2) is 4.98 Å². The lowest BCUT2D eigenvalue weighted by Crippen LogP contribution is -2.41. The zero-order valence-electron chi connectivity index (χ0n) is 16.1. The number of benzene rings is 2. The largest absolute Gasteiger partial charge is 0.494 e. The molecule has 4 nitrogen and oxygen atoms in total. The van der Waals surface area contributed by atoms with Crippen molar-refractivity contribution in [3.8, 4) is 0 Å². The molecule has 26 heavy (non-hydrogen) atoms. The maximum Gasteiger partial charge on any atom is 0.494 e. The zero-order valence-corrected chi connectivity index (χ0v) is 16.1. The van der Waals surface area contributed by atoms with Crippen molar-refractivity contribution in [3.63, 3.8) is 0 Å². The quantitative estimate of drug-likeness (QED) is 0.680. The van der Waals surface area contributed by atoms with Gasteiger partial charge in [0.2, 0.25) is 0 Å². The summed E-state index contributed by atoms with van der Waals surface area (Å²) in [7, 11) is 1.72.